The van der Waals surface area contributed by atoms with Gasteiger partial charge >= 0.3 is 0 Å². The van der Waals surface area contributed by atoms with E-state index in [-0.39, 0.29) is 24.0 Å². The number of alkyl halides is 1. The Hall–Kier alpha value is -0.240. The van der Waals surface area contributed by atoms with Crippen molar-refractivity contribution < 1.29 is 28.5 Å². The van der Waals surface area contributed by atoms with Crippen molar-refractivity contribution in [3.8, 4) is 0 Å². The van der Waals surface area contributed by atoms with E-state index in [1.807, 2.05) is 18.5 Å². The second kappa shape index (κ2) is 30.8. The zero-order chi connectivity index (χ0) is 28.9. The summed E-state index contributed by atoms with van der Waals surface area (Å²) in [6, 6.07) is 8.84. The molecule has 0 radical (unpaired) electrons. The minimum absolute atomic E-state index is 0. The molecule has 0 N–H and O–H groups in total. The largest absolute Gasteiger partial charge is 1.00 e. The maximum absolute atomic E-state index is 4.21. The van der Waals surface area contributed by atoms with Crippen LogP contribution in [0.5, 0.6) is 0 Å². The third-order valence-electron chi connectivity index (χ3n) is 8.62. The van der Waals surface area contributed by atoms with E-state index in [1.165, 1.54) is 189 Å². The molecule has 0 aliphatic carbocycles. The first-order valence-electron chi connectivity index (χ1n) is 17.8. The maximum atomic E-state index is 4.21. The number of aromatic nitrogens is 2. The Labute approximate surface area is 292 Å². The smallest absolute Gasteiger partial charge is 0.171 e. The molecule has 0 atom stereocenters. The molecule has 0 saturated heterocycles. The van der Waals surface area contributed by atoms with E-state index in [4.69, 9.17) is 0 Å². The van der Waals surface area contributed by atoms with E-state index >= 15 is 0 Å². The molecule has 2 aromatic heterocycles. The second-order valence-electron chi connectivity index (χ2n) is 12.5. The van der Waals surface area contributed by atoms with Gasteiger partial charge in [-0.05, 0) is 60.6 Å². The van der Waals surface area contributed by atoms with Gasteiger partial charge in [0.15, 0.2) is 12.4 Å². The zero-order valence-corrected chi connectivity index (χ0v) is 31.4. The first-order valence-corrected chi connectivity index (χ1v) is 19.3. The molecule has 42 heavy (non-hydrogen) atoms. The number of aryl methyl sites for hydroxylation is 3. The summed E-state index contributed by atoms with van der Waals surface area (Å²) in [6.07, 6.45) is 45.0. The molecular weight excluding hydrogens is 738 g/mol. The fourth-order valence-electron chi connectivity index (χ4n) is 5.99. The third-order valence-corrected chi connectivity index (χ3v) is 9.39. The van der Waals surface area contributed by atoms with Crippen molar-refractivity contribution >= 4 is 22.6 Å². The topological polar surface area (TPSA) is 16.8 Å². The van der Waals surface area contributed by atoms with Crippen LogP contribution in [0.4, 0.5) is 0 Å². The maximum Gasteiger partial charge on any atom is 0.171 e. The average molecular weight is 803 g/mol. The number of unbranched alkanes of at least 4 members (excludes halogenated alkanes) is 22. The summed E-state index contributed by atoms with van der Waals surface area (Å²) in [6.45, 7) is 1.19. The van der Waals surface area contributed by atoms with Crippen LogP contribution in [0.15, 0.2) is 49.1 Å². The van der Waals surface area contributed by atoms with Gasteiger partial charge in [-0.1, -0.05) is 151 Å². The molecule has 2 aromatic rings. The fraction of sp³-hybridized carbons (Fsp3) is 0.737. The summed E-state index contributed by atoms with van der Waals surface area (Å²) >= 11 is 2.50. The molecule has 0 fully saturated rings. The van der Waals surface area contributed by atoms with Crippen molar-refractivity contribution in [1.29, 1.82) is 0 Å². The Morgan fingerprint density at radius 3 is 1.40 bits per heavy atom. The van der Waals surface area contributed by atoms with Crippen molar-refractivity contribution in [3.63, 3.8) is 0 Å². The van der Waals surface area contributed by atoms with Gasteiger partial charge in [-0.25, -0.2) is 4.57 Å². The molecular formula is C38H64I2N2. The number of halogens is 2. The van der Waals surface area contributed by atoms with E-state index in [0.717, 1.165) is 0 Å². The quantitative estimate of drug-likeness (QED) is 0.0348. The van der Waals surface area contributed by atoms with Gasteiger partial charge in [-0.2, -0.15) is 0 Å². The Morgan fingerprint density at radius 2 is 0.929 bits per heavy atom. The number of nitrogens with zero attached hydrogens (tertiary/aromatic N) is 2. The Morgan fingerprint density at radius 1 is 0.500 bits per heavy atom. The van der Waals surface area contributed by atoms with Crippen LogP contribution in [0, 0.1) is 0 Å². The monoisotopic (exact) mass is 802 g/mol. The van der Waals surface area contributed by atoms with Crippen molar-refractivity contribution in [3.05, 3.63) is 60.2 Å². The zero-order valence-electron chi connectivity index (χ0n) is 27.1. The molecule has 2 nitrogen and oxygen atoms in total. The molecule has 0 aliphatic rings. The molecule has 0 aromatic carbocycles. The lowest BCUT2D eigenvalue weighted by atomic mass is 10.0. The first kappa shape index (κ1) is 39.8. The summed E-state index contributed by atoms with van der Waals surface area (Å²) in [4.78, 5) is 4.21. The molecule has 2 rings (SSSR count). The average Bonchev–Trinajstić information content (AvgIpc) is 3.00. The van der Waals surface area contributed by atoms with Gasteiger partial charge < -0.3 is 24.0 Å². The highest BCUT2D eigenvalue weighted by Crippen LogP contribution is 2.15. The highest BCUT2D eigenvalue weighted by Gasteiger charge is 2.04. The Bertz CT molecular complexity index is 814. The SMILES string of the molecule is ICCCCCCCCCCCCCCc1ccc[n+](CCCCCCCCCCCCCCc2cccnc2)c1.[I-]. The minimum Gasteiger partial charge on any atom is -1.00 e. The van der Waals surface area contributed by atoms with Crippen LogP contribution in [0.25, 0.3) is 0 Å². The minimum atomic E-state index is 0. The van der Waals surface area contributed by atoms with Gasteiger partial charge in [0.1, 0.15) is 6.54 Å². The molecule has 4 heteroatoms. The number of hydrogen-bond acceptors (Lipinski definition) is 1. The van der Waals surface area contributed by atoms with Gasteiger partial charge in [0.2, 0.25) is 0 Å². The van der Waals surface area contributed by atoms with E-state index in [9.17, 15) is 0 Å². The van der Waals surface area contributed by atoms with Crippen LogP contribution in [-0.2, 0) is 19.4 Å². The third kappa shape index (κ3) is 24.1. The molecule has 0 aliphatic heterocycles. The second-order valence-corrected chi connectivity index (χ2v) is 13.6. The summed E-state index contributed by atoms with van der Waals surface area (Å²) in [5.74, 6) is 0. The van der Waals surface area contributed by atoms with E-state index in [1.54, 1.807) is 0 Å². The van der Waals surface area contributed by atoms with Crippen LogP contribution < -0.4 is 28.5 Å². The number of rotatable bonds is 29. The van der Waals surface area contributed by atoms with Crippen molar-refractivity contribution in [2.75, 3.05) is 4.43 Å². The Balaban J connectivity index is 0.00000882. The fourth-order valence-corrected chi connectivity index (χ4v) is 6.53. The lowest BCUT2D eigenvalue weighted by Crippen LogP contribution is -3.00. The molecule has 240 valence electrons. The molecule has 0 unspecified atom stereocenters. The predicted octanol–water partition coefficient (Wildman–Crippen LogP) is 8.96. The highest BCUT2D eigenvalue weighted by molar-refractivity contribution is 14.1. The highest BCUT2D eigenvalue weighted by atomic mass is 127. The van der Waals surface area contributed by atoms with Crippen LogP contribution in [-0.4, -0.2) is 9.41 Å². The van der Waals surface area contributed by atoms with E-state index in [2.05, 4.69) is 62.7 Å². The lowest BCUT2D eigenvalue weighted by molar-refractivity contribution is -0.697. The molecule has 0 spiro atoms. The Kier molecular flexibility index (Phi) is 29.1. The van der Waals surface area contributed by atoms with Crippen LogP contribution in [0.2, 0.25) is 0 Å². The summed E-state index contributed by atoms with van der Waals surface area (Å²) in [5.41, 5.74) is 2.92. The van der Waals surface area contributed by atoms with Gasteiger partial charge in [0.05, 0.1) is 0 Å². The van der Waals surface area contributed by atoms with Gasteiger partial charge in [-0.15, -0.1) is 0 Å². The first-order chi connectivity index (χ1) is 20.4. The van der Waals surface area contributed by atoms with Crippen LogP contribution in [0.1, 0.15) is 165 Å². The van der Waals surface area contributed by atoms with Crippen molar-refractivity contribution in [2.24, 2.45) is 0 Å². The summed E-state index contributed by atoms with van der Waals surface area (Å²) < 4.78 is 3.77. The summed E-state index contributed by atoms with van der Waals surface area (Å²) in [7, 11) is 0. The molecule has 0 bridgehead atoms. The predicted molar refractivity (Wildman–Crippen MR) is 188 cm³/mol. The van der Waals surface area contributed by atoms with E-state index in [0.29, 0.717) is 0 Å². The summed E-state index contributed by atoms with van der Waals surface area (Å²) in [5, 5.41) is 0. The van der Waals surface area contributed by atoms with Crippen LogP contribution >= 0.6 is 22.6 Å². The normalized spacial score (nSPS) is 11.1. The molecule has 0 amide bonds. The van der Waals surface area contributed by atoms with E-state index < -0.39 is 0 Å². The number of hydrogen-bond donors (Lipinski definition) is 0. The lowest BCUT2D eigenvalue weighted by Gasteiger charge is -2.04. The standard InChI is InChI=1S/C38H64IN2.HI/c39-31-23-19-15-11-7-3-1-6-10-14-18-22-28-38-30-26-34-41(36-38)33-24-20-16-12-8-4-2-5-9-13-17-21-27-37-29-25-32-40-35-37;/h25-26,29-30,32,34-36H,1-24,27-28,31,33H2;1H/q+1;/p-1. The van der Waals surface area contributed by atoms with Gasteiger partial charge in [-0.3, -0.25) is 4.98 Å². The van der Waals surface area contributed by atoms with Crippen molar-refractivity contribution in [1.82, 2.24) is 4.98 Å². The molecule has 0 saturated carbocycles. The van der Waals surface area contributed by atoms with Gasteiger partial charge in [0, 0.05) is 30.4 Å². The van der Waals surface area contributed by atoms with Gasteiger partial charge in [0.25, 0.3) is 0 Å². The van der Waals surface area contributed by atoms with Crippen LogP contribution in [0.3, 0.4) is 0 Å². The number of pyridine rings is 2. The van der Waals surface area contributed by atoms with Crippen molar-refractivity contribution in [2.45, 2.75) is 173 Å². The molecule has 2 heterocycles.